The molecule has 0 saturated carbocycles. The van der Waals surface area contributed by atoms with Crippen molar-refractivity contribution >= 4 is 22.5 Å². The molecule has 176 valence electrons. The van der Waals surface area contributed by atoms with Crippen molar-refractivity contribution in [3.63, 3.8) is 0 Å². The highest BCUT2D eigenvalue weighted by molar-refractivity contribution is 5.97. The molecule has 3 aromatic rings. The first-order valence-corrected chi connectivity index (χ1v) is 9.47. The first-order chi connectivity index (χ1) is 15.5. The van der Waals surface area contributed by atoms with Crippen molar-refractivity contribution in [1.82, 2.24) is 19.9 Å². The summed E-state index contributed by atoms with van der Waals surface area (Å²) in [6.07, 6.45) is -7.66. The maximum Gasteiger partial charge on any atom is 0.418 e. The third kappa shape index (κ3) is 4.00. The molecule has 14 heteroatoms. The van der Waals surface area contributed by atoms with Gasteiger partial charge in [0.15, 0.2) is 5.82 Å². The summed E-state index contributed by atoms with van der Waals surface area (Å²) in [5, 5.41) is -0.176. The zero-order chi connectivity index (χ0) is 24.1. The molecule has 0 radical (unpaired) electrons. The van der Waals surface area contributed by atoms with E-state index in [1.165, 1.54) is 7.11 Å². The first kappa shape index (κ1) is 22.6. The van der Waals surface area contributed by atoms with E-state index in [2.05, 4.69) is 19.9 Å². The van der Waals surface area contributed by atoms with Crippen molar-refractivity contribution in [2.75, 3.05) is 37.4 Å². The summed E-state index contributed by atoms with van der Waals surface area (Å²) in [5.74, 6) is -2.05. The number of nitrogens with zero attached hydrogens (tertiary/aromatic N) is 5. The van der Waals surface area contributed by atoms with E-state index in [-0.39, 0.29) is 47.6 Å². The second-order valence-electron chi connectivity index (χ2n) is 7.11. The topological polar surface area (TPSA) is 99.3 Å². The molecule has 0 atom stereocenters. The van der Waals surface area contributed by atoms with Gasteiger partial charge in [-0.2, -0.15) is 23.1 Å². The van der Waals surface area contributed by atoms with E-state index < -0.39 is 47.4 Å². The van der Waals surface area contributed by atoms with Gasteiger partial charge >= 0.3 is 12.2 Å². The van der Waals surface area contributed by atoms with Crippen LogP contribution in [0.2, 0.25) is 0 Å². The van der Waals surface area contributed by atoms with Gasteiger partial charge < -0.3 is 20.1 Å². The number of aryl methyl sites for hydroxylation is 1. The SMILES string of the molecule is COc1nc2c3c(nc(-c4nc(N)cc(C)c4C(F)(F)F)c(F)c3n1)OCCN2CC(F)F. The molecule has 8 nitrogen and oxygen atoms in total. The van der Waals surface area contributed by atoms with Gasteiger partial charge in [-0.05, 0) is 18.6 Å². The second-order valence-corrected chi connectivity index (χ2v) is 7.11. The Kier molecular flexibility index (Phi) is 5.54. The fraction of sp³-hybridized carbons (Fsp3) is 0.368. The molecular formula is C19H16F6N6O2. The largest absolute Gasteiger partial charge is 0.475 e. The standard InChI is InChI=1S/C19H16F6N6O2/c1-7-5-9(26)27-14(11(7)19(23,24)25)15-12(22)13-10-16(30-18(29-13)32-2)31(6-8(20)21)3-4-33-17(10)28-15/h5,8H,3-4,6H2,1-2H3,(H2,26,27). The minimum Gasteiger partial charge on any atom is -0.475 e. The summed E-state index contributed by atoms with van der Waals surface area (Å²) in [6.45, 7) is 0.153. The molecule has 0 saturated heterocycles. The lowest BCUT2D eigenvalue weighted by Gasteiger charge is -2.22. The maximum absolute atomic E-state index is 15.7. The van der Waals surface area contributed by atoms with E-state index >= 15 is 4.39 Å². The van der Waals surface area contributed by atoms with Crippen LogP contribution in [0.4, 0.5) is 38.0 Å². The Bertz CT molecular complexity index is 1240. The lowest BCUT2D eigenvalue weighted by molar-refractivity contribution is -0.137. The van der Waals surface area contributed by atoms with Gasteiger partial charge in [0.25, 0.3) is 6.43 Å². The summed E-state index contributed by atoms with van der Waals surface area (Å²) in [6, 6.07) is 0.621. The number of hydrogen-bond acceptors (Lipinski definition) is 8. The van der Waals surface area contributed by atoms with Crippen LogP contribution in [0.1, 0.15) is 11.1 Å². The van der Waals surface area contributed by atoms with E-state index in [1.807, 2.05) is 0 Å². The van der Waals surface area contributed by atoms with Crippen molar-refractivity contribution < 1.29 is 35.8 Å². The zero-order valence-electron chi connectivity index (χ0n) is 17.2. The van der Waals surface area contributed by atoms with Gasteiger partial charge in [-0.25, -0.2) is 23.1 Å². The van der Waals surface area contributed by atoms with E-state index in [0.29, 0.717) is 0 Å². The molecule has 0 aromatic carbocycles. The zero-order valence-corrected chi connectivity index (χ0v) is 17.2. The first-order valence-electron chi connectivity index (χ1n) is 9.47. The summed E-state index contributed by atoms with van der Waals surface area (Å²) >= 11 is 0. The number of pyridine rings is 2. The predicted octanol–water partition coefficient (Wildman–Crippen LogP) is 3.61. The minimum atomic E-state index is -4.90. The third-order valence-corrected chi connectivity index (χ3v) is 4.90. The Hall–Kier alpha value is -3.58. The Balaban J connectivity index is 2.08. The molecule has 0 spiro atoms. The Morgan fingerprint density at radius 3 is 2.55 bits per heavy atom. The van der Waals surface area contributed by atoms with Gasteiger partial charge in [0.05, 0.1) is 25.8 Å². The van der Waals surface area contributed by atoms with Crippen LogP contribution in [0.5, 0.6) is 11.9 Å². The van der Waals surface area contributed by atoms with E-state index in [1.54, 1.807) is 0 Å². The van der Waals surface area contributed by atoms with E-state index in [0.717, 1.165) is 17.9 Å². The van der Waals surface area contributed by atoms with Crippen LogP contribution in [-0.2, 0) is 6.18 Å². The highest BCUT2D eigenvalue weighted by atomic mass is 19.4. The van der Waals surface area contributed by atoms with E-state index in [9.17, 15) is 22.0 Å². The molecule has 0 aliphatic carbocycles. The van der Waals surface area contributed by atoms with Crippen LogP contribution in [0.25, 0.3) is 22.3 Å². The van der Waals surface area contributed by atoms with Crippen molar-refractivity contribution in [3.8, 4) is 23.3 Å². The Labute approximate surface area is 182 Å². The molecule has 3 aromatic heterocycles. The van der Waals surface area contributed by atoms with Gasteiger partial charge in [-0.1, -0.05) is 0 Å². The van der Waals surface area contributed by atoms with Crippen molar-refractivity contribution in [2.45, 2.75) is 19.5 Å². The van der Waals surface area contributed by atoms with Crippen LogP contribution in [0.15, 0.2) is 6.07 Å². The monoisotopic (exact) mass is 474 g/mol. The molecule has 4 heterocycles. The number of rotatable bonds is 4. The summed E-state index contributed by atoms with van der Waals surface area (Å²) in [7, 11) is 1.17. The Morgan fingerprint density at radius 1 is 1.18 bits per heavy atom. The quantitative estimate of drug-likeness (QED) is 0.573. The summed E-state index contributed by atoms with van der Waals surface area (Å²) in [4.78, 5) is 16.7. The highest BCUT2D eigenvalue weighted by Crippen LogP contribution is 2.43. The van der Waals surface area contributed by atoms with Gasteiger partial charge in [0.2, 0.25) is 5.88 Å². The van der Waals surface area contributed by atoms with Gasteiger partial charge in [-0.15, -0.1) is 0 Å². The number of aromatic nitrogens is 4. The van der Waals surface area contributed by atoms with Crippen LogP contribution in [0, 0.1) is 12.7 Å². The Morgan fingerprint density at radius 2 is 1.91 bits per heavy atom. The number of ether oxygens (including phenoxy) is 2. The molecule has 1 aliphatic heterocycles. The maximum atomic E-state index is 15.7. The fourth-order valence-corrected chi connectivity index (χ4v) is 3.61. The van der Waals surface area contributed by atoms with Crippen LogP contribution in [0.3, 0.4) is 0 Å². The fourth-order valence-electron chi connectivity index (χ4n) is 3.61. The second kappa shape index (κ2) is 8.08. The van der Waals surface area contributed by atoms with E-state index in [4.69, 9.17) is 15.2 Å². The molecule has 1 aliphatic rings. The van der Waals surface area contributed by atoms with Gasteiger partial charge in [0, 0.05) is 0 Å². The smallest absolute Gasteiger partial charge is 0.418 e. The highest BCUT2D eigenvalue weighted by Gasteiger charge is 2.39. The molecule has 0 bridgehead atoms. The summed E-state index contributed by atoms with van der Waals surface area (Å²) in [5.41, 5.74) is 1.92. The van der Waals surface area contributed by atoms with Gasteiger partial charge in [0.1, 0.15) is 40.5 Å². The van der Waals surface area contributed by atoms with Crippen molar-refractivity contribution in [3.05, 3.63) is 23.0 Å². The third-order valence-electron chi connectivity index (χ3n) is 4.90. The number of halogens is 6. The molecule has 0 unspecified atom stereocenters. The van der Waals surface area contributed by atoms with Crippen LogP contribution in [-0.4, -0.2) is 53.2 Å². The number of nitrogen functional groups attached to an aromatic ring is 1. The number of anilines is 2. The number of methoxy groups -OCH3 is 1. The summed E-state index contributed by atoms with van der Waals surface area (Å²) < 4.78 is 93.7. The molecule has 33 heavy (non-hydrogen) atoms. The van der Waals surface area contributed by atoms with Crippen molar-refractivity contribution in [2.24, 2.45) is 0 Å². The van der Waals surface area contributed by atoms with Crippen LogP contribution >= 0.6 is 0 Å². The number of alkyl halides is 5. The lowest BCUT2D eigenvalue weighted by atomic mass is 10.0. The average Bonchev–Trinajstić information content (AvgIpc) is 2.88. The average molecular weight is 474 g/mol. The minimum absolute atomic E-state index is 0.0731. The number of hydrogen-bond donors (Lipinski definition) is 1. The molecule has 2 N–H and O–H groups in total. The lowest BCUT2D eigenvalue weighted by Crippen LogP contribution is -2.32. The predicted molar refractivity (Wildman–Crippen MR) is 105 cm³/mol. The van der Waals surface area contributed by atoms with Crippen LogP contribution < -0.4 is 20.1 Å². The van der Waals surface area contributed by atoms with Gasteiger partial charge in [-0.3, -0.25) is 0 Å². The van der Waals surface area contributed by atoms with Crippen molar-refractivity contribution in [1.29, 1.82) is 0 Å². The normalized spacial score (nSPS) is 13.9. The molecule has 0 fully saturated rings. The molecule has 0 amide bonds. The molecule has 4 rings (SSSR count). The number of nitrogens with two attached hydrogens (primary N) is 1. The molecular weight excluding hydrogens is 458 g/mol.